The Morgan fingerprint density at radius 2 is 1.52 bits per heavy atom. The quantitative estimate of drug-likeness (QED) is 0.750. The molecular formula is C14H15B2NO3S. The molecular weight excluding hydrogens is 284 g/mol. The molecule has 2 aromatic rings. The molecule has 0 aliphatic heterocycles. The normalized spacial score (nSPS) is 11.0. The summed E-state index contributed by atoms with van der Waals surface area (Å²) in [6.45, 7) is -0.485. The van der Waals surface area contributed by atoms with E-state index in [1.165, 1.54) is 0 Å². The van der Waals surface area contributed by atoms with Gasteiger partial charge in [0.2, 0.25) is 0 Å². The molecule has 4 nitrogen and oxygen atoms in total. The van der Waals surface area contributed by atoms with E-state index in [-0.39, 0.29) is 0 Å². The summed E-state index contributed by atoms with van der Waals surface area (Å²) < 4.78 is 17.4. The molecule has 0 heterocycles. The maximum atomic E-state index is 13.4. The average Bonchev–Trinajstić information content (AvgIpc) is 2.44. The minimum Gasteiger partial charge on any atom is -0.480 e. The van der Waals surface area contributed by atoms with E-state index in [0.717, 1.165) is 10.9 Å². The molecule has 0 aliphatic carbocycles. The number of carboxylic acids is 1. The van der Waals surface area contributed by atoms with Crippen LogP contribution in [0.1, 0.15) is 0 Å². The fourth-order valence-corrected chi connectivity index (χ4v) is 4.09. The van der Waals surface area contributed by atoms with Gasteiger partial charge in [0.1, 0.15) is 32.0 Å². The maximum Gasteiger partial charge on any atom is 0.326 e. The minimum atomic E-state index is -2.94. The average molecular weight is 299 g/mol. The molecule has 0 spiro atoms. The molecule has 2 aromatic carbocycles. The second-order valence-corrected chi connectivity index (χ2v) is 7.09. The Bertz CT molecular complexity index is 747. The van der Waals surface area contributed by atoms with Crippen molar-refractivity contribution in [2.45, 2.75) is 9.79 Å². The van der Waals surface area contributed by atoms with Gasteiger partial charge in [-0.2, -0.15) is 0 Å². The van der Waals surface area contributed by atoms with E-state index in [1.807, 2.05) is 27.8 Å². The minimum absolute atomic E-state index is 0.485. The number of benzene rings is 2. The highest BCUT2D eigenvalue weighted by Crippen LogP contribution is 2.22. The van der Waals surface area contributed by atoms with Crippen molar-refractivity contribution in [3.8, 4) is 0 Å². The van der Waals surface area contributed by atoms with Crippen molar-refractivity contribution in [2.75, 3.05) is 6.54 Å². The maximum absolute atomic E-state index is 13.4. The van der Waals surface area contributed by atoms with Crippen LogP contribution in [0, 0.1) is 0 Å². The van der Waals surface area contributed by atoms with Gasteiger partial charge in [0.05, 0.1) is 9.79 Å². The van der Waals surface area contributed by atoms with Gasteiger partial charge in [-0.15, -0.1) is 0 Å². The van der Waals surface area contributed by atoms with Crippen LogP contribution in [0.5, 0.6) is 0 Å². The van der Waals surface area contributed by atoms with Crippen LogP contribution in [0.3, 0.4) is 0 Å². The van der Waals surface area contributed by atoms with Crippen molar-refractivity contribution in [3.05, 3.63) is 48.5 Å². The molecule has 2 rings (SSSR count). The number of carbonyl (C=O) groups is 1. The zero-order chi connectivity index (χ0) is 15.5. The lowest BCUT2D eigenvalue weighted by Gasteiger charge is -2.12. The Labute approximate surface area is 126 Å². The number of hydrogen-bond acceptors (Lipinski definition) is 3. The van der Waals surface area contributed by atoms with Crippen molar-refractivity contribution in [1.29, 1.82) is 0 Å². The van der Waals surface area contributed by atoms with Gasteiger partial charge < -0.3 is 5.11 Å². The van der Waals surface area contributed by atoms with Crippen LogP contribution in [-0.2, 0) is 14.5 Å². The number of aliphatic carboxylic acids is 1. The van der Waals surface area contributed by atoms with E-state index in [9.17, 15) is 9.00 Å². The summed E-state index contributed by atoms with van der Waals surface area (Å²) in [5.41, 5.74) is 1.91. The number of hydrogen-bond donors (Lipinski definition) is 1. The largest absolute Gasteiger partial charge is 0.480 e. The van der Waals surface area contributed by atoms with E-state index in [0.29, 0.717) is 9.79 Å². The summed E-state index contributed by atoms with van der Waals surface area (Å²) in [5, 5.41) is 8.86. The van der Waals surface area contributed by atoms with Crippen LogP contribution in [0.25, 0.3) is 0 Å². The van der Waals surface area contributed by atoms with Gasteiger partial charge in [-0.3, -0.25) is 4.79 Å². The fourth-order valence-electron chi connectivity index (χ4n) is 2.01. The highest BCUT2D eigenvalue weighted by molar-refractivity contribution is 7.93. The predicted octanol–water partition coefficient (Wildman–Crippen LogP) is -0.826. The summed E-state index contributed by atoms with van der Waals surface area (Å²) in [7, 11) is 0.857. The zero-order valence-corrected chi connectivity index (χ0v) is 12.8. The number of rotatable bonds is 4. The molecule has 7 heteroatoms. The Hall–Kier alpha value is -2.01. The summed E-state index contributed by atoms with van der Waals surface area (Å²) in [5.74, 6) is -1.09. The third kappa shape index (κ3) is 3.55. The first-order valence-electron chi connectivity index (χ1n) is 6.50. The van der Waals surface area contributed by atoms with Crippen LogP contribution in [0.2, 0.25) is 0 Å². The third-order valence-electron chi connectivity index (χ3n) is 3.00. The van der Waals surface area contributed by atoms with Crippen molar-refractivity contribution >= 4 is 42.3 Å². The van der Waals surface area contributed by atoms with E-state index >= 15 is 0 Å². The molecule has 106 valence electrons. The lowest BCUT2D eigenvalue weighted by molar-refractivity contribution is -0.135. The lowest BCUT2D eigenvalue weighted by Crippen LogP contribution is -2.13. The summed E-state index contributed by atoms with van der Waals surface area (Å²) >= 11 is 0. The zero-order valence-electron chi connectivity index (χ0n) is 11.9. The molecule has 1 N–H and O–H groups in total. The van der Waals surface area contributed by atoms with E-state index in [2.05, 4.69) is 4.36 Å². The first kappa shape index (κ1) is 15.4. The fraction of sp³-hybridized carbons (Fsp3) is 0.0714. The number of carboxylic acid groups (broad SMARTS) is 1. The van der Waals surface area contributed by atoms with Crippen LogP contribution in [0.4, 0.5) is 0 Å². The van der Waals surface area contributed by atoms with Crippen LogP contribution >= 0.6 is 0 Å². The Balaban J connectivity index is 2.68. The lowest BCUT2D eigenvalue weighted by atomic mass is 9.97. The monoisotopic (exact) mass is 299 g/mol. The molecule has 0 aliphatic rings. The first-order chi connectivity index (χ1) is 9.91. The molecule has 0 saturated heterocycles. The molecule has 0 radical (unpaired) electrons. The molecule has 0 amide bonds. The second-order valence-electron chi connectivity index (χ2n) is 4.84. The summed E-state index contributed by atoms with van der Waals surface area (Å²) in [4.78, 5) is 11.9. The Kier molecular flexibility index (Phi) is 4.53. The second kappa shape index (κ2) is 6.18. The standard InChI is InChI=1S/C14H15B2NO3S/c15-10-3-1-5-12(7-10)21(20,17-9-14(18)19)13-6-2-4-11(16)8-13/h1-8H,9,15-16H2,(H,18,19). The molecule has 21 heavy (non-hydrogen) atoms. The van der Waals surface area contributed by atoms with Gasteiger partial charge in [-0.05, 0) is 12.1 Å². The van der Waals surface area contributed by atoms with E-state index in [1.54, 1.807) is 36.4 Å². The van der Waals surface area contributed by atoms with Crippen LogP contribution < -0.4 is 10.9 Å². The molecule has 0 unspecified atom stereocenters. The Morgan fingerprint density at radius 1 is 1.05 bits per heavy atom. The first-order valence-corrected chi connectivity index (χ1v) is 8.01. The van der Waals surface area contributed by atoms with Gasteiger partial charge in [0, 0.05) is 0 Å². The predicted molar refractivity (Wildman–Crippen MR) is 88.8 cm³/mol. The van der Waals surface area contributed by atoms with Crippen molar-refractivity contribution < 1.29 is 14.1 Å². The molecule has 0 fully saturated rings. The smallest absolute Gasteiger partial charge is 0.326 e. The van der Waals surface area contributed by atoms with E-state index < -0.39 is 22.2 Å². The van der Waals surface area contributed by atoms with Crippen molar-refractivity contribution in [1.82, 2.24) is 0 Å². The van der Waals surface area contributed by atoms with Crippen molar-refractivity contribution in [2.24, 2.45) is 4.36 Å². The molecule has 0 bridgehead atoms. The number of nitrogens with zero attached hydrogens (tertiary/aromatic N) is 1. The van der Waals surface area contributed by atoms with Crippen LogP contribution in [-0.4, -0.2) is 37.5 Å². The Morgan fingerprint density at radius 3 is 1.90 bits per heavy atom. The van der Waals surface area contributed by atoms with Crippen molar-refractivity contribution in [3.63, 3.8) is 0 Å². The van der Waals surface area contributed by atoms with Gasteiger partial charge in [-0.1, -0.05) is 47.3 Å². The highest BCUT2D eigenvalue weighted by Gasteiger charge is 2.16. The van der Waals surface area contributed by atoms with Gasteiger partial charge in [0.15, 0.2) is 0 Å². The van der Waals surface area contributed by atoms with Crippen LogP contribution in [0.15, 0.2) is 62.7 Å². The topological polar surface area (TPSA) is 66.7 Å². The summed E-state index contributed by atoms with van der Waals surface area (Å²) in [6.07, 6.45) is 0. The van der Waals surface area contributed by atoms with Gasteiger partial charge >= 0.3 is 5.97 Å². The molecule has 0 saturated carbocycles. The molecule has 0 aromatic heterocycles. The third-order valence-corrected chi connectivity index (χ3v) is 5.28. The SMILES string of the molecule is Bc1cccc(S(=O)(=NCC(=O)O)c2cccc(B)c2)c1. The molecule has 0 atom stereocenters. The highest BCUT2D eigenvalue weighted by atomic mass is 32.2. The van der Waals surface area contributed by atoms with Gasteiger partial charge in [-0.25, -0.2) is 8.57 Å². The summed E-state index contributed by atoms with van der Waals surface area (Å²) in [6, 6.07) is 14.4. The van der Waals surface area contributed by atoms with Gasteiger partial charge in [0.25, 0.3) is 0 Å². The van der Waals surface area contributed by atoms with E-state index in [4.69, 9.17) is 5.11 Å².